The minimum atomic E-state index is 0.468. The highest BCUT2D eigenvalue weighted by atomic mass is 14.9. The number of benzene rings is 1. The van der Waals surface area contributed by atoms with E-state index in [1.807, 2.05) is 18.2 Å². The Balaban J connectivity index is 2.45. The molecule has 0 saturated carbocycles. The van der Waals surface area contributed by atoms with Crippen molar-refractivity contribution in [3.63, 3.8) is 0 Å². The molecule has 0 unspecified atom stereocenters. The molecule has 3 rings (SSSR count). The largest absolute Gasteiger partial charge is 0.382 e. The highest BCUT2D eigenvalue weighted by molar-refractivity contribution is 6.07. The minimum Gasteiger partial charge on any atom is -0.382 e. The fraction of sp³-hybridized carbons (Fsp3) is 0.0909. The van der Waals surface area contributed by atoms with Gasteiger partial charge in [-0.15, -0.1) is 0 Å². The van der Waals surface area contributed by atoms with Crippen molar-refractivity contribution in [1.82, 2.24) is 15.0 Å². The Morgan fingerprint density at radius 3 is 2.94 bits per heavy atom. The molecular formula is C11H11N5. The van der Waals surface area contributed by atoms with Crippen LogP contribution in [-0.4, -0.2) is 15.0 Å². The van der Waals surface area contributed by atoms with Crippen LogP contribution in [0.3, 0.4) is 0 Å². The van der Waals surface area contributed by atoms with E-state index in [0.29, 0.717) is 12.4 Å². The zero-order valence-corrected chi connectivity index (χ0v) is 8.57. The minimum absolute atomic E-state index is 0.468. The molecule has 0 bridgehead atoms. The van der Waals surface area contributed by atoms with E-state index < -0.39 is 0 Å². The van der Waals surface area contributed by atoms with Crippen LogP contribution < -0.4 is 11.5 Å². The molecule has 0 fully saturated rings. The van der Waals surface area contributed by atoms with E-state index >= 15 is 0 Å². The number of nitrogen functional groups attached to an aromatic ring is 1. The molecule has 0 spiro atoms. The Bertz CT molecular complexity index is 670. The number of anilines is 1. The Kier molecular flexibility index (Phi) is 1.81. The van der Waals surface area contributed by atoms with Gasteiger partial charge in [0.05, 0.1) is 0 Å². The SMILES string of the molecule is NCc1ccc2c(c1)[nH]c1c(N)ncnc12. The molecule has 0 amide bonds. The molecule has 0 atom stereocenters. The number of H-pyrrole nitrogens is 1. The lowest BCUT2D eigenvalue weighted by Crippen LogP contribution is -1.94. The number of hydrogen-bond donors (Lipinski definition) is 3. The summed E-state index contributed by atoms with van der Waals surface area (Å²) in [6.45, 7) is 0.520. The molecule has 0 aliphatic heterocycles. The molecular weight excluding hydrogens is 202 g/mol. The maximum Gasteiger partial charge on any atom is 0.151 e. The molecule has 16 heavy (non-hydrogen) atoms. The molecule has 0 radical (unpaired) electrons. The second-order valence-electron chi connectivity index (χ2n) is 3.69. The summed E-state index contributed by atoms with van der Waals surface area (Å²) in [5.74, 6) is 0.468. The van der Waals surface area contributed by atoms with Gasteiger partial charge in [-0.05, 0) is 11.6 Å². The van der Waals surface area contributed by atoms with Crippen LogP contribution in [0, 0.1) is 0 Å². The summed E-state index contributed by atoms with van der Waals surface area (Å²) in [5.41, 5.74) is 15.1. The van der Waals surface area contributed by atoms with Gasteiger partial charge in [0, 0.05) is 17.4 Å². The maximum absolute atomic E-state index is 5.78. The van der Waals surface area contributed by atoms with Crippen molar-refractivity contribution >= 4 is 27.8 Å². The van der Waals surface area contributed by atoms with Gasteiger partial charge in [0.1, 0.15) is 17.4 Å². The standard InChI is InChI=1S/C11H11N5/c12-4-6-1-2-7-8(3-6)16-10-9(7)14-5-15-11(10)13/h1-3,5,16H,4,12H2,(H2,13,14,15). The molecule has 5 heteroatoms. The highest BCUT2D eigenvalue weighted by Crippen LogP contribution is 2.26. The number of nitrogens with zero attached hydrogens (tertiary/aromatic N) is 2. The van der Waals surface area contributed by atoms with Crippen LogP contribution in [0.4, 0.5) is 5.82 Å². The van der Waals surface area contributed by atoms with Crippen LogP contribution in [0.1, 0.15) is 5.56 Å². The van der Waals surface area contributed by atoms with Crippen molar-refractivity contribution in [3.05, 3.63) is 30.1 Å². The van der Waals surface area contributed by atoms with E-state index in [9.17, 15) is 0 Å². The third-order valence-electron chi connectivity index (χ3n) is 2.71. The fourth-order valence-electron chi connectivity index (χ4n) is 1.89. The normalized spacial score (nSPS) is 11.3. The Morgan fingerprint density at radius 1 is 1.25 bits per heavy atom. The van der Waals surface area contributed by atoms with E-state index in [2.05, 4.69) is 15.0 Å². The molecule has 1 aromatic carbocycles. The van der Waals surface area contributed by atoms with Gasteiger partial charge >= 0.3 is 0 Å². The second-order valence-corrected chi connectivity index (χ2v) is 3.69. The van der Waals surface area contributed by atoms with Crippen molar-refractivity contribution in [1.29, 1.82) is 0 Å². The molecule has 5 N–H and O–H groups in total. The topological polar surface area (TPSA) is 93.6 Å². The van der Waals surface area contributed by atoms with Crippen LogP contribution in [0.5, 0.6) is 0 Å². The van der Waals surface area contributed by atoms with Crippen molar-refractivity contribution in [2.75, 3.05) is 5.73 Å². The summed E-state index contributed by atoms with van der Waals surface area (Å²) in [6.07, 6.45) is 1.47. The van der Waals surface area contributed by atoms with Crippen LogP contribution >= 0.6 is 0 Å². The summed E-state index contributed by atoms with van der Waals surface area (Å²) >= 11 is 0. The van der Waals surface area contributed by atoms with Gasteiger partial charge in [-0.1, -0.05) is 12.1 Å². The lowest BCUT2D eigenvalue weighted by atomic mass is 10.1. The number of nitrogens with one attached hydrogen (secondary N) is 1. The van der Waals surface area contributed by atoms with E-state index in [-0.39, 0.29) is 0 Å². The first-order valence-electron chi connectivity index (χ1n) is 5.00. The monoisotopic (exact) mass is 213 g/mol. The fourth-order valence-corrected chi connectivity index (χ4v) is 1.89. The Labute approximate surface area is 91.5 Å². The third kappa shape index (κ3) is 1.15. The highest BCUT2D eigenvalue weighted by Gasteiger charge is 2.08. The lowest BCUT2D eigenvalue weighted by molar-refractivity contribution is 1.07. The molecule has 80 valence electrons. The lowest BCUT2D eigenvalue weighted by Gasteiger charge is -1.95. The van der Waals surface area contributed by atoms with Crippen LogP contribution in [-0.2, 0) is 6.54 Å². The van der Waals surface area contributed by atoms with Crippen LogP contribution in [0.25, 0.3) is 21.9 Å². The average Bonchev–Trinajstić information content (AvgIpc) is 2.68. The number of aromatic amines is 1. The number of nitrogens with two attached hydrogens (primary N) is 2. The number of fused-ring (bicyclic) bond motifs is 3. The summed E-state index contributed by atoms with van der Waals surface area (Å²) < 4.78 is 0. The van der Waals surface area contributed by atoms with Gasteiger partial charge in [0.25, 0.3) is 0 Å². The van der Waals surface area contributed by atoms with Crippen molar-refractivity contribution in [3.8, 4) is 0 Å². The zero-order chi connectivity index (χ0) is 11.1. The summed E-state index contributed by atoms with van der Waals surface area (Å²) in [6, 6.07) is 6.01. The molecule has 0 aliphatic rings. The van der Waals surface area contributed by atoms with Gasteiger partial charge in [-0.2, -0.15) is 0 Å². The van der Waals surface area contributed by atoms with E-state index in [1.165, 1.54) is 6.33 Å². The molecule has 0 aliphatic carbocycles. The molecule has 5 nitrogen and oxygen atoms in total. The number of aromatic nitrogens is 3. The van der Waals surface area contributed by atoms with Crippen LogP contribution in [0.2, 0.25) is 0 Å². The van der Waals surface area contributed by atoms with Gasteiger partial charge < -0.3 is 16.5 Å². The smallest absolute Gasteiger partial charge is 0.151 e. The zero-order valence-electron chi connectivity index (χ0n) is 8.57. The molecule has 0 saturated heterocycles. The summed E-state index contributed by atoms with van der Waals surface area (Å²) in [7, 11) is 0. The van der Waals surface area contributed by atoms with Gasteiger partial charge in [0.15, 0.2) is 5.82 Å². The number of hydrogen-bond acceptors (Lipinski definition) is 4. The van der Waals surface area contributed by atoms with Gasteiger partial charge in [-0.3, -0.25) is 0 Å². The molecule has 3 aromatic rings. The maximum atomic E-state index is 5.78. The first-order valence-corrected chi connectivity index (χ1v) is 5.00. The third-order valence-corrected chi connectivity index (χ3v) is 2.71. The Morgan fingerprint density at radius 2 is 2.12 bits per heavy atom. The van der Waals surface area contributed by atoms with Crippen molar-refractivity contribution < 1.29 is 0 Å². The Hall–Kier alpha value is -2.14. The average molecular weight is 213 g/mol. The molecule has 2 heterocycles. The summed E-state index contributed by atoms with van der Waals surface area (Å²) in [4.78, 5) is 11.4. The molecule has 2 aromatic heterocycles. The van der Waals surface area contributed by atoms with Crippen molar-refractivity contribution in [2.24, 2.45) is 5.73 Å². The predicted molar refractivity (Wildman–Crippen MR) is 63.7 cm³/mol. The quantitative estimate of drug-likeness (QED) is 0.565. The first kappa shape index (κ1) is 9.11. The van der Waals surface area contributed by atoms with Crippen molar-refractivity contribution in [2.45, 2.75) is 6.54 Å². The second kappa shape index (κ2) is 3.18. The van der Waals surface area contributed by atoms with Crippen LogP contribution in [0.15, 0.2) is 24.5 Å². The van der Waals surface area contributed by atoms with Gasteiger partial charge in [0.2, 0.25) is 0 Å². The van der Waals surface area contributed by atoms with E-state index in [1.54, 1.807) is 0 Å². The predicted octanol–water partition coefficient (Wildman–Crippen LogP) is 1.15. The van der Waals surface area contributed by atoms with Gasteiger partial charge in [-0.25, -0.2) is 9.97 Å². The van der Waals surface area contributed by atoms with E-state index in [4.69, 9.17) is 11.5 Å². The number of rotatable bonds is 1. The van der Waals surface area contributed by atoms with E-state index in [0.717, 1.165) is 27.5 Å². The summed E-state index contributed by atoms with van der Waals surface area (Å²) in [5, 5.41) is 1.04. The first-order chi connectivity index (χ1) is 7.79.